The molecule has 0 bridgehead atoms. The zero-order valence-electron chi connectivity index (χ0n) is 15.1. The van der Waals surface area contributed by atoms with Gasteiger partial charge in [0, 0.05) is 21.7 Å². The Morgan fingerprint density at radius 1 is 1.35 bits per heavy atom. The summed E-state index contributed by atoms with van der Waals surface area (Å²) in [5.74, 6) is 1.20. The van der Waals surface area contributed by atoms with Crippen molar-refractivity contribution in [2.75, 3.05) is 12.3 Å². The molecule has 0 atom stereocenters. The smallest absolute Gasteiger partial charge is 0.233 e. The van der Waals surface area contributed by atoms with Crippen LogP contribution in [-0.2, 0) is 11.3 Å². The minimum absolute atomic E-state index is 0.0947. The summed E-state index contributed by atoms with van der Waals surface area (Å²) in [6.45, 7) is 11.0. The molecule has 0 saturated carbocycles. The second-order valence-corrected chi connectivity index (χ2v) is 9.17. The van der Waals surface area contributed by atoms with E-state index in [1.165, 1.54) is 27.1 Å². The van der Waals surface area contributed by atoms with Crippen LogP contribution in [0.25, 0.3) is 10.2 Å². The fourth-order valence-electron chi connectivity index (χ4n) is 2.64. The van der Waals surface area contributed by atoms with Gasteiger partial charge in [-0.15, -0.1) is 29.3 Å². The van der Waals surface area contributed by atoms with E-state index < -0.39 is 0 Å². The molecule has 7 heteroatoms. The van der Waals surface area contributed by atoms with Crippen LogP contribution in [0, 0.1) is 20.8 Å². The Morgan fingerprint density at radius 2 is 2.15 bits per heavy atom. The normalized spacial score (nSPS) is 11.0. The maximum atomic E-state index is 12.8. The van der Waals surface area contributed by atoms with Gasteiger partial charge in [-0.25, -0.2) is 9.97 Å². The van der Waals surface area contributed by atoms with E-state index in [-0.39, 0.29) is 5.91 Å². The molecule has 0 aliphatic rings. The van der Waals surface area contributed by atoms with Crippen molar-refractivity contribution in [1.82, 2.24) is 14.9 Å². The summed E-state index contributed by atoms with van der Waals surface area (Å²) < 4.78 is 0. The van der Waals surface area contributed by atoms with Crippen molar-refractivity contribution >= 4 is 50.6 Å². The van der Waals surface area contributed by atoms with Gasteiger partial charge < -0.3 is 4.90 Å². The number of thiophene rings is 2. The molecule has 0 unspecified atom stereocenters. The van der Waals surface area contributed by atoms with Crippen molar-refractivity contribution in [3.63, 3.8) is 0 Å². The van der Waals surface area contributed by atoms with Crippen molar-refractivity contribution in [3.05, 3.63) is 51.3 Å². The maximum absolute atomic E-state index is 12.8. The zero-order valence-corrected chi connectivity index (χ0v) is 17.6. The van der Waals surface area contributed by atoms with Gasteiger partial charge in [0.1, 0.15) is 15.7 Å². The van der Waals surface area contributed by atoms with E-state index in [0.717, 1.165) is 21.1 Å². The molecule has 26 heavy (non-hydrogen) atoms. The predicted octanol–water partition coefficient (Wildman–Crippen LogP) is 4.98. The summed E-state index contributed by atoms with van der Waals surface area (Å²) in [4.78, 5) is 27.2. The van der Waals surface area contributed by atoms with Crippen LogP contribution in [0.3, 0.4) is 0 Å². The number of amides is 1. The Labute approximate surface area is 166 Å². The first kappa shape index (κ1) is 19.1. The molecule has 3 rings (SSSR count). The molecule has 0 saturated heterocycles. The van der Waals surface area contributed by atoms with Crippen molar-refractivity contribution in [3.8, 4) is 0 Å². The average Bonchev–Trinajstić information content (AvgIpc) is 3.20. The summed E-state index contributed by atoms with van der Waals surface area (Å²) in [5.41, 5.74) is 1.21. The van der Waals surface area contributed by atoms with Gasteiger partial charge in [-0.05, 0) is 37.8 Å². The maximum Gasteiger partial charge on any atom is 0.233 e. The van der Waals surface area contributed by atoms with Gasteiger partial charge in [-0.2, -0.15) is 0 Å². The van der Waals surface area contributed by atoms with Crippen LogP contribution in [0.4, 0.5) is 0 Å². The highest BCUT2D eigenvalue weighted by molar-refractivity contribution is 8.00. The molecule has 0 spiro atoms. The Morgan fingerprint density at radius 3 is 2.85 bits per heavy atom. The van der Waals surface area contributed by atoms with Gasteiger partial charge in [0.25, 0.3) is 0 Å². The van der Waals surface area contributed by atoms with Crippen molar-refractivity contribution in [2.45, 2.75) is 32.3 Å². The molecule has 0 N–H and O–H groups in total. The van der Waals surface area contributed by atoms with Gasteiger partial charge >= 0.3 is 0 Å². The van der Waals surface area contributed by atoms with Crippen LogP contribution in [0.5, 0.6) is 0 Å². The third kappa shape index (κ3) is 4.16. The first-order valence-corrected chi connectivity index (χ1v) is 11.0. The molecule has 0 radical (unpaired) electrons. The SMILES string of the molecule is C=CCN(Cc1cccs1)C(=O)CSc1nc(C)nc2sc(C)c(C)c12. The minimum atomic E-state index is 0.0947. The van der Waals surface area contributed by atoms with Crippen molar-refractivity contribution < 1.29 is 4.79 Å². The van der Waals surface area contributed by atoms with Crippen LogP contribution in [0.1, 0.15) is 21.1 Å². The molecule has 3 aromatic heterocycles. The summed E-state index contributed by atoms with van der Waals surface area (Å²) in [7, 11) is 0. The third-order valence-corrected chi connectivity index (χ3v) is 6.99. The summed E-state index contributed by atoms with van der Waals surface area (Å²) >= 11 is 4.85. The molecule has 0 aliphatic heterocycles. The number of rotatable bonds is 7. The molecule has 3 heterocycles. The van der Waals surface area contributed by atoms with E-state index in [1.807, 2.05) is 23.3 Å². The lowest BCUT2D eigenvalue weighted by Crippen LogP contribution is -2.31. The van der Waals surface area contributed by atoms with E-state index >= 15 is 0 Å². The Balaban J connectivity index is 1.77. The van der Waals surface area contributed by atoms with Crippen LogP contribution in [0.2, 0.25) is 0 Å². The summed E-state index contributed by atoms with van der Waals surface area (Å²) in [6, 6.07) is 4.06. The number of aromatic nitrogens is 2. The lowest BCUT2D eigenvalue weighted by molar-refractivity contribution is -0.128. The topological polar surface area (TPSA) is 46.1 Å². The zero-order chi connectivity index (χ0) is 18.7. The largest absolute Gasteiger partial charge is 0.333 e. The number of carbonyl (C=O) groups is 1. The highest BCUT2D eigenvalue weighted by Gasteiger charge is 2.18. The van der Waals surface area contributed by atoms with Crippen LogP contribution < -0.4 is 0 Å². The van der Waals surface area contributed by atoms with Crippen LogP contribution in [-0.4, -0.2) is 33.1 Å². The molecule has 4 nitrogen and oxygen atoms in total. The van der Waals surface area contributed by atoms with Crippen LogP contribution in [0.15, 0.2) is 35.2 Å². The van der Waals surface area contributed by atoms with Crippen molar-refractivity contribution in [2.24, 2.45) is 0 Å². The molecule has 0 aromatic carbocycles. The second kappa shape index (κ2) is 8.33. The number of aryl methyl sites for hydroxylation is 3. The molecule has 0 fully saturated rings. The van der Waals surface area contributed by atoms with Gasteiger partial charge in [0.2, 0.25) is 5.91 Å². The monoisotopic (exact) mass is 403 g/mol. The molecule has 3 aromatic rings. The van der Waals surface area contributed by atoms with E-state index in [1.54, 1.807) is 28.7 Å². The lowest BCUT2D eigenvalue weighted by Gasteiger charge is -2.20. The van der Waals surface area contributed by atoms with Crippen molar-refractivity contribution in [1.29, 1.82) is 0 Å². The summed E-state index contributed by atoms with van der Waals surface area (Å²) in [6.07, 6.45) is 1.77. The standard InChI is InChI=1S/C19H21N3OS3/c1-5-8-22(10-15-7-6-9-24-15)16(23)11-25-18-17-12(2)13(3)26-19(17)21-14(4)20-18/h5-7,9H,1,8,10-11H2,2-4H3. The first-order valence-electron chi connectivity index (χ1n) is 8.27. The lowest BCUT2D eigenvalue weighted by atomic mass is 10.2. The summed E-state index contributed by atoms with van der Waals surface area (Å²) in [5, 5.41) is 4.02. The van der Waals surface area contributed by atoms with E-state index in [9.17, 15) is 4.79 Å². The number of hydrogen-bond acceptors (Lipinski definition) is 6. The molecule has 136 valence electrons. The molecule has 1 amide bonds. The number of thioether (sulfide) groups is 1. The minimum Gasteiger partial charge on any atom is -0.333 e. The van der Waals surface area contributed by atoms with Gasteiger partial charge in [-0.3, -0.25) is 4.79 Å². The fourth-order valence-corrected chi connectivity index (χ4v) is 5.53. The van der Waals surface area contributed by atoms with Gasteiger partial charge in [0.15, 0.2) is 0 Å². The average molecular weight is 404 g/mol. The van der Waals surface area contributed by atoms with Crippen LogP contribution >= 0.6 is 34.4 Å². The molecule has 0 aliphatic carbocycles. The molecular formula is C19H21N3OS3. The predicted molar refractivity (Wildman–Crippen MR) is 112 cm³/mol. The quantitative estimate of drug-likeness (QED) is 0.317. The van der Waals surface area contributed by atoms with E-state index in [0.29, 0.717) is 18.8 Å². The highest BCUT2D eigenvalue weighted by Crippen LogP contribution is 2.35. The first-order chi connectivity index (χ1) is 12.5. The fraction of sp³-hybridized carbons (Fsp3) is 0.316. The number of hydrogen-bond donors (Lipinski definition) is 0. The third-order valence-electron chi connectivity index (χ3n) is 4.07. The van der Waals surface area contributed by atoms with E-state index in [2.05, 4.69) is 36.5 Å². The Bertz CT molecular complexity index is 931. The molecular weight excluding hydrogens is 382 g/mol. The number of carbonyl (C=O) groups excluding carboxylic acids is 1. The second-order valence-electron chi connectivity index (χ2n) is 5.97. The van der Waals surface area contributed by atoms with E-state index in [4.69, 9.17) is 0 Å². The Kier molecular flexibility index (Phi) is 6.11. The Hall–Kier alpha value is -1.70. The number of nitrogens with zero attached hydrogens (tertiary/aromatic N) is 3. The van der Waals surface area contributed by atoms with Gasteiger partial charge in [0.05, 0.1) is 12.3 Å². The van der Waals surface area contributed by atoms with Gasteiger partial charge in [-0.1, -0.05) is 23.9 Å². The number of fused-ring (bicyclic) bond motifs is 1. The highest BCUT2D eigenvalue weighted by atomic mass is 32.2.